The van der Waals surface area contributed by atoms with Crippen molar-refractivity contribution in [3.63, 3.8) is 0 Å². The van der Waals surface area contributed by atoms with E-state index < -0.39 is 0 Å². The molecule has 1 aromatic carbocycles. The molecule has 118 valence electrons. The van der Waals surface area contributed by atoms with Crippen LogP contribution in [0.25, 0.3) is 0 Å². The Kier molecular flexibility index (Phi) is 4.83. The molecule has 0 aliphatic carbocycles. The Morgan fingerprint density at radius 2 is 1.09 bits per heavy atom. The van der Waals surface area contributed by atoms with Crippen LogP contribution in [0.2, 0.25) is 0 Å². The Hall–Kier alpha value is -0.940. The Morgan fingerprint density at radius 3 is 1.36 bits per heavy atom. The summed E-state index contributed by atoms with van der Waals surface area (Å²) >= 11 is 10.8. The van der Waals surface area contributed by atoms with Crippen molar-refractivity contribution >= 4 is 33.7 Å². The molecule has 2 aliphatic heterocycles. The molecule has 3 rings (SSSR count). The number of rotatable bonds is 6. The lowest BCUT2D eigenvalue weighted by molar-refractivity contribution is -0.112. The smallest absolute Gasteiger partial charge is 0.222 e. The van der Waals surface area contributed by atoms with E-state index in [4.69, 9.17) is 23.2 Å². The Labute approximate surface area is 140 Å². The van der Waals surface area contributed by atoms with Gasteiger partial charge in [0.05, 0.1) is 0 Å². The summed E-state index contributed by atoms with van der Waals surface area (Å²) < 4.78 is 0. The topological polar surface area (TPSA) is 40.6 Å². The number of carbonyl (C=O) groups excluding carboxylic acids is 2. The van der Waals surface area contributed by atoms with Gasteiger partial charge in [0.2, 0.25) is 10.5 Å². The number of benzene rings is 1. The van der Waals surface area contributed by atoms with Crippen LogP contribution in [0.1, 0.15) is 35.1 Å². The van der Waals surface area contributed by atoms with Gasteiger partial charge in [-0.05, 0) is 45.5 Å². The van der Waals surface area contributed by atoms with E-state index in [2.05, 4.69) is 21.9 Å². The van der Waals surface area contributed by atoms with Crippen LogP contribution in [0, 0.1) is 0 Å². The summed E-state index contributed by atoms with van der Waals surface area (Å²) in [7, 11) is 0. The van der Waals surface area contributed by atoms with Crippen molar-refractivity contribution in [2.45, 2.75) is 39.0 Å². The SMILES string of the molecule is O=C(Cl)CCN1Cc2cc3c(cc2C1)CN(CCC(=O)Cl)C3. The minimum atomic E-state index is -0.275. The summed E-state index contributed by atoms with van der Waals surface area (Å²) in [6.45, 7) is 4.96. The van der Waals surface area contributed by atoms with E-state index in [0.29, 0.717) is 25.9 Å². The van der Waals surface area contributed by atoms with Crippen LogP contribution in [-0.4, -0.2) is 33.4 Å². The van der Waals surface area contributed by atoms with Crippen LogP contribution >= 0.6 is 23.2 Å². The first kappa shape index (κ1) is 15.9. The quantitative estimate of drug-likeness (QED) is 0.746. The minimum Gasteiger partial charge on any atom is -0.294 e. The van der Waals surface area contributed by atoms with Gasteiger partial charge in [-0.15, -0.1) is 0 Å². The van der Waals surface area contributed by atoms with Gasteiger partial charge in [-0.1, -0.05) is 12.1 Å². The molecular formula is C16H18Cl2N2O2. The normalized spacial score (nSPS) is 17.5. The Morgan fingerprint density at radius 1 is 0.773 bits per heavy atom. The molecule has 0 bridgehead atoms. The molecule has 0 fully saturated rings. The number of hydrogen-bond acceptors (Lipinski definition) is 4. The molecule has 4 nitrogen and oxygen atoms in total. The van der Waals surface area contributed by atoms with Crippen molar-refractivity contribution in [2.24, 2.45) is 0 Å². The molecule has 0 N–H and O–H groups in total. The summed E-state index contributed by atoms with van der Waals surface area (Å²) in [5.74, 6) is 0. The fraction of sp³-hybridized carbons (Fsp3) is 0.500. The van der Waals surface area contributed by atoms with Crippen molar-refractivity contribution < 1.29 is 9.59 Å². The fourth-order valence-corrected chi connectivity index (χ4v) is 3.43. The van der Waals surface area contributed by atoms with E-state index in [1.807, 2.05) is 0 Å². The summed E-state index contributed by atoms with van der Waals surface area (Å²) in [5, 5.41) is -0.550. The number of nitrogens with zero attached hydrogens (tertiary/aromatic N) is 2. The maximum absolute atomic E-state index is 10.9. The van der Waals surface area contributed by atoms with Gasteiger partial charge in [-0.25, -0.2) is 0 Å². The zero-order valence-electron chi connectivity index (χ0n) is 12.3. The Balaban J connectivity index is 1.62. The largest absolute Gasteiger partial charge is 0.294 e. The zero-order chi connectivity index (χ0) is 15.7. The van der Waals surface area contributed by atoms with Crippen LogP contribution in [-0.2, 0) is 35.8 Å². The van der Waals surface area contributed by atoms with Gasteiger partial charge in [0, 0.05) is 52.1 Å². The van der Waals surface area contributed by atoms with Gasteiger partial charge >= 0.3 is 0 Å². The van der Waals surface area contributed by atoms with E-state index in [1.165, 1.54) is 22.3 Å². The Bertz CT molecular complexity index is 534. The molecule has 0 spiro atoms. The summed E-state index contributed by atoms with van der Waals surface area (Å²) in [4.78, 5) is 26.3. The highest BCUT2D eigenvalue weighted by Crippen LogP contribution is 2.31. The lowest BCUT2D eigenvalue weighted by Gasteiger charge is -2.13. The average Bonchev–Trinajstić information content (AvgIpc) is 3.02. The molecule has 0 atom stereocenters. The second kappa shape index (κ2) is 6.67. The van der Waals surface area contributed by atoms with Gasteiger partial charge in [0.25, 0.3) is 0 Å². The van der Waals surface area contributed by atoms with E-state index >= 15 is 0 Å². The van der Waals surface area contributed by atoms with Gasteiger partial charge in [0.15, 0.2) is 0 Å². The molecule has 0 saturated carbocycles. The number of fused-ring (bicyclic) bond motifs is 2. The molecule has 2 heterocycles. The molecule has 0 aromatic heterocycles. The van der Waals surface area contributed by atoms with E-state index in [0.717, 1.165) is 26.2 Å². The van der Waals surface area contributed by atoms with Crippen molar-refractivity contribution in [3.8, 4) is 0 Å². The highest BCUT2D eigenvalue weighted by molar-refractivity contribution is 6.63. The average molecular weight is 341 g/mol. The second-order valence-electron chi connectivity index (χ2n) is 6.02. The van der Waals surface area contributed by atoms with E-state index in [-0.39, 0.29) is 10.5 Å². The highest BCUT2D eigenvalue weighted by atomic mass is 35.5. The number of carbonyl (C=O) groups is 2. The standard InChI is InChI=1S/C16H18Cl2N2O2/c17-15(21)1-3-19-7-11-5-13-9-20(4-2-16(18)22)10-14(13)6-12(11)8-19/h5-6H,1-4,7-10H2. The first-order valence-electron chi connectivity index (χ1n) is 7.46. The number of halogens is 2. The molecular weight excluding hydrogens is 323 g/mol. The second-order valence-corrected chi connectivity index (χ2v) is 6.86. The first-order valence-corrected chi connectivity index (χ1v) is 8.22. The van der Waals surface area contributed by atoms with Crippen molar-refractivity contribution in [1.82, 2.24) is 9.80 Å². The lowest BCUT2D eigenvalue weighted by Crippen LogP contribution is -2.19. The van der Waals surface area contributed by atoms with Crippen LogP contribution in [0.15, 0.2) is 12.1 Å². The third-order valence-electron chi connectivity index (χ3n) is 4.35. The molecule has 6 heteroatoms. The summed E-state index contributed by atoms with van der Waals surface area (Å²) in [6.07, 6.45) is 0.797. The maximum Gasteiger partial charge on any atom is 0.222 e. The lowest BCUT2D eigenvalue weighted by atomic mass is 10.0. The van der Waals surface area contributed by atoms with Crippen molar-refractivity contribution in [1.29, 1.82) is 0 Å². The van der Waals surface area contributed by atoms with Gasteiger partial charge in [0.1, 0.15) is 0 Å². The van der Waals surface area contributed by atoms with Crippen LogP contribution < -0.4 is 0 Å². The predicted molar refractivity (Wildman–Crippen MR) is 85.6 cm³/mol. The molecule has 0 radical (unpaired) electrons. The highest BCUT2D eigenvalue weighted by Gasteiger charge is 2.25. The zero-order valence-corrected chi connectivity index (χ0v) is 13.8. The molecule has 2 aliphatic rings. The monoisotopic (exact) mass is 340 g/mol. The predicted octanol–water partition coefficient (Wildman–Crippen LogP) is 2.63. The minimum absolute atomic E-state index is 0.275. The molecule has 1 aromatic rings. The van der Waals surface area contributed by atoms with Crippen molar-refractivity contribution in [3.05, 3.63) is 34.4 Å². The summed E-state index contributed by atoms with van der Waals surface area (Å²) in [5.41, 5.74) is 5.37. The first-order chi connectivity index (χ1) is 10.5. The van der Waals surface area contributed by atoms with Crippen molar-refractivity contribution in [2.75, 3.05) is 13.1 Å². The maximum atomic E-state index is 10.9. The van der Waals surface area contributed by atoms with Crippen LogP contribution in [0.3, 0.4) is 0 Å². The third-order valence-corrected chi connectivity index (χ3v) is 4.72. The van der Waals surface area contributed by atoms with Gasteiger partial charge in [-0.2, -0.15) is 0 Å². The summed E-state index contributed by atoms with van der Waals surface area (Å²) in [6, 6.07) is 4.55. The van der Waals surface area contributed by atoms with E-state index in [1.54, 1.807) is 0 Å². The third kappa shape index (κ3) is 3.69. The van der Waals surface area contributed by atoms with Gasteiger partial charge < -0.3 is 0 Å². The molecule has 0 saturated heterocycles. The molecule has 0 unspecified atom stereocenters. The fourth-order valence-electron chi connectivity index (χ4n) is 3.26. The molecule has 22 heavy (non-hydrogen) atoms. The van der Waals surface area contributed by atoms with Crippen LogP contribution in [0.4, 0.5) is 0 Å². The number of hydrogen-bond donors (Lipinski definition) is 0. The molecule has 0 amide bonds. The van der Waals surface area contributed by atoms with Gasteiger partial charge in [-0.3, -0.25) is 19.4 Å². The van der Waals surface area contributed by atoms with Crippen LogP contribution in [0.5, 0.6) is 0 Å². The van der Waals surface area contributed by atoms with E-state index in [9.17, 15) is 9.59 Å².